The average Bonchev–Trinajstić information content (AvgIpc) is 1.89. The van der Waals surface area contributed by atoms with Crippen LogP contribution in [-0.4, -0.2) is 16.6 Å². The molecule has 48 valence electrons. The van der Waals surface area contributed by atoms with E-state index < -0.39 is 0 Å². The highest BCUT2D eigenvalue weighted by Gasteiger charge is 1.83. The Labute approximate surface area is 65.2 Å². The molecular weight excluding hydrogens is 148 g/mol. The van der Waals surface area contributed by atoms with Gasteiger partial charge in [-0.3, -0.25) is 0 Å². The van der Waals surface area contributed by atoms with Gasteiger partial charge in [-0.2, -0.15) is 0 Å². The van der Waals surface area contributed by atoms with Crippen LogP contribution in [-0.2, 0) is 0 Å². The van der Waals surface area contributed by atoms with Crippen molar-refractivity contribution in [3.63, 3.8) is 0 Å². The van der Waals surface area contributed by atoms with Gasteiger partial charge in [-0.25, -0.2) is 0 Å². The quantitative estimate of drug-likeness (QED) is 0.345. The zero-order chi connectivity index (χ0) is 6.95. The summed E-state index contributed by atoms with van der Waals surface area (Å²) in [5.74, 6) is 6.66. The summed E-state index contributed by atoms with van der Waals surface area (Å²) in [4.78, 5) is 0. The van der Waals surface area contributed by atoms with Crippen molar-refractivity contribution in [2.24, 2.45) is 0 Å². The van der Waals surface area contributed by atoms with Crippen LogP contribution in [0.1, 0.15) is 0 Å². The molecule has 0 N–H and O–H groups in total. The third-order valence-electron chi connectivity index (χ3n) is 0.537. The monoisotopic (exact) mass is 156 g/mol. The lowest BCUT2D eigenvalue weighted by Gasteiger charge is -1.91. The second kappa shape index (κ2) is 7.82. The van der Waals surface area contributed by atoms with Gasteiger partial charge in [0.1, 0.15) is 0 Å². The number of terminal acetylenes is 2. The highest BCUT2D eigenvalue weighted by atomic mass is 32.2. The van der Waals surface area contributed by atoms with E-state index in [1.165, 1.54) is 0 Å². The van der Waals surface area contributed by atoms with E-state index in [2.05, 4.69) is 11.8 Å². The Balaban J connectivity index is 2.79. The molecule has 0 bridgehead atoms. The summed E-state index contributed by atoms with van der Waals surface area (Å²) in [6.45, 7) is 0. The van der Waals surface area contributed by atoms with Crippen molar-refractivity contribution in [1.82, 2.24) is 0 Å². The minimum Gasteiger partial charge on any atom is -0.138 e. The third-order valence-corrected chi connectivity index (χ3v) is 2.61. The highest BCUT2D eigenvalue weighted by molar-refractivity contribution is 8.16. The molecule has 0 radical (unpaired) electrons. The predicted molar refractivity (Wildman–Crippen MR) is 47.4 cm³/mol. The fourth-order valence-corrected chi connectivity index (χ4v) is 1.63. The lowest BCUT2D eigenvalue weighted by Crippen LogP contribution is -1.75. The van der Waals surface area contributed by atoms with Gasteiger partial charge in [0.05, 0.1) is 11.5 Å². The number of hydrogen-bond acceptors (Lipinski definition) is 2. The molecule has 0 nitrogen and oxygen atoms in total. The molecule has 0 spiro atoms. The van der Waals surface area contributed by atoms with Gasteiger partial charge in [-0.1, -0.05) is 11.8 Å². The molecule has 0 unspecified atom stereocenters. The Hall–Kier alpha value is -0.180. The molecule has 0 atom stereocenters. The number of rotatable bonds is 4. The van der Waals surface area contributed by atoms with Crippen LogP contribution in [0, 0.1) is 24.7 Å². The Morgan fingerprint density at radius 1 is 1.00 bits per heavy atom. The molecule has 0 saturated carbocycles. The topological polar surface area (TPSA) is 0 Å². The SMILES string of the molecule is C#CCSCSCC#C. The van der Waals surface area contributed by atoms with Gasteiger partial charge in [0.25, 0.3) is 0 Å². The van der Waals surface area contributed by atoms with Crippen LogP contribution < -0.4 is 0 Å². The summed E-state index contributed by atoms with van der Waals surface area (Å²) in [5, 5.41) is 1.01. The van der Waals surface area contributed by atoms with E-state index in [-0.39, 0.29) is 0 Å². The minimum absolute atomic E-state index is 0.789. The van der Waals surface area contributed by atoms with Crippen LogP contribution in [0.15, 0.2) is 0 Å². The molecule has 0 heterocycles. The maximum atomic E-state index is 5.02. The first-order valence-corrected chi connectivity index (χ1v) is 4.75. The normalized spacial score (nSPS) is 7.78. The Morgan fingerprint density at radius 2 is 1.44 bits per heavy atom. The second-order valence-corrected chi connectivity index (χ2v) is 3.56. The standard InChI is InChI=1S/C7H8S2/c1-3-5-8-7-9-6-4-2/h1-2H,5-7H2. The van der Waals surface area contributed by atoms with Gasteiger partial charge in [0.15, 0.2) is 0 Å². The van der Waals surface area contributed by atoms with Crippen LogP contribution in [0.4, 0.5) is 0 Å². The van der Waals surface area contributed by atoms with Crippen molar-refractivity contribution in [2.45, 2.75) is 0 Å². The summed E-state index contributed by atoms with van der Waals surface area (Å²) in [6.07, 6.45) is 10.0. The van der Waals surface area contributed by atoms with E-state index >= 15 is 0 Å². The second-order valence-electron chi connectivity index (χ2n) is 1.22. The molecule has 0 aliphatic carbocycles. The molecule has 0 aliphatic heterocycles. The molecular formula is C7H8S2. The largest absolute Gasteiger partial charge is 0.138 e. The van der Waals surface area contributed by atoms with Gasteiger partial charge < -0.3 is 0 Å². The van der Waals surface area contributed by atoms with E-state index in [9.17, 15) is 0 Å². The van der Waals surface area contributed by atoms with Crippen LogP contribution in [0.3, 0.4) is 0 Å². The lowest BCUT2D eigenvalue weighted by molar-refractivity contribution is 1.90. The summed E-state index contributed by atoms with van der Waals surface area (Å²) in [7, 11) is 0. The van der Waals surface area contributed by atoms with E-state index in [0.29, 0.717) is 0 Å². The van der Waals surface area contributed by atoms with Crippen LogP contribution in [0.2, 0.25) is 0 Å². The number of thioether (sulfide) groups is 2. The number of hydrogen-bond donors (Lipinski definition) is 0. The van der Waals surface area contributed by atoms with Crippen molar-refractivity contribution in [3.05, 3.63) is 0 Å². The molecule has 0 aromatic carbocycles. The average molecular weight is 156 g/mol. The third kappa shape index (κ3) is 7.82. The van der Waals surface area contributed by atoms with E-state index in [1.807, 2.05) is 0 Å². The zero-order valence-electron chi connectivity index (χ0n) is 5.09. The first-order valence-electron chi connectivity index (χ1n) is 2.44. The van der Waals surface area contributed by atoms with Crippen LogP contribution in [0.25, 0.3) is 0 Å². The Morgan fingerprint density at radius 3 is 1.78 bits per heavy atom. The minimum atomic E-state index is 0.789. The fourth-order valence-electron chi connectivity index (χ4n) is 0.260. The fraction of sp³-hybridized carbons (Fsp3) is 0.429. The molecule has 0 rings (SSSR count). The first-order chi connectivity index (χ1) is 4.41. The summed E-state index contributed by atoms with van der Waals surface area (Å²) in [5.41, 5.74) is 0. The maximum absolute atomic E-state index is 5.02. The molecule has 9 heavy (non-hydrogen) atoms. The van der Waals surface area contributed by atoms with Crippen LogP contribution >= 0.6 is 23.5 Å². The van der Waals surface area contributed by atoms with Gasteiger partial charge in [-0.05, 0) is 0 Å². The summed E-state index contributed by atoms with van der Waals surface area (Å²) >= 11 is 3.45. The van der Waals surface area contributed by atoms with Gasteiger partial charge >= 0.3 is 0 Å². The van der Waals surface area contributed by atoms with Crippen molar-refractivity contribution in [3.8, 4) is 24.7 Å². The molecule has 0 aromatic rings. The van der Waals surface area contributed by atoms with Gasteiger partial charge in [-0.15, -0.1) is 36.4 Å². The van der Waals surface area contributed by atoms with Crippen molar-refractivity contribution < 1.29 is 0 Å². The van der Waals surface area contributed by atoms with Crippen LogP contribution in [0.5, 0.6) is 0 Å². The lowest BCUT2D eigenvalue weighted by atomic mass is 10.8. The Kier molecular flexibility index (Phi) is 7.66. The molecule has 0 amide bonds. The van der Waals surface area contributed by atoms with E-state index in [0.717, 1.165) is 16.6 Å². The molecule has 0 saturated heterocycles. The zero-order valence-corrected chi connectivity index (χ0v) is 6.73. The van der Waals surface area contributed by atoms with Crippen molar-refractivity contribution in [2.75, 3.05) is 16.6 Å². The molecule has 0 aromatic heterocycles. The van der Waals surface area contributed by atoms with Crippen molar-refractivity contribution in [1.29, 1.82) is 0 Å². The Bertz CT molecular complexity index is 111. The van der Waals surface area contributed by atoms with Crippen molar-refractivity contribution >= 4 is 23.5 Å². The van der Waals surface area contributed by atoms with E-state index in [1.54, 1.807) is 23.5 Å². The maximum Gasteiger partial charge on any atom is 0.0553 e. The summed E-state index contributed by atoms with van der Waals surface area (Å²) in [6, 6.07) is 0. The summed E-state index contributed by atoms with van der Waals surface area (Å²) < 4.78 is 0. The first kappa shape index (κ1) is 8.82. The molecule has 0 fully saturated rings. The smallest absolute Gasteiger partial charge is 0.0553 e. The van der Waals surface area contributed by atoms with Gasteiger partial charge in [0.2, 0.25) is 0 Å². The molecule has 0 aliphatic rings. The van der Waals surface area contributed by atoms with E-state index in [4.69, 9.17) is 12.8 Å². The predicted octanol–water partition coefficient (Wildman–Crippen LogP) is 1.68. The highest BCUT2D eigenvalue weighted by Crippen LogP contribution is 2.09. The van der Waals surface area contributed by atoms with Gasteiger partial charge in [0, 0.05) is 5.08 Å². The molecule has 2 heteroatoms.